The van der Waals surface area contributed by atoms with E-state index in [2.05, 4.69) is 4.98 Å². The van der Waals surface area contributed by atoms with Crippen molar-refractivity contribution in [2.24, 2.45) is 5.73 Å². The Balaban J connectivity index is 2.90. The number of ether oxygens (including phenoxy) is 1. The summed E-state index contributed by atoms with van der Waals surface area (Å²) < 4.78 is 4.83. The number of nitrogens with zero attached hydrogens (tertiary/aromatic N) is 1. The van der Waals surface area contributed by atoms with Crippen molar-refractivity contribution >= 4 is 5.97 Å². The van der Waals surface area contributed by atoms with Gasteiger partial charge >= 0.3 is 5.97 Å². The molecule has 2 unspecified atom stereocenters. The molecule has 4 N–H and O–H groups in total. The summed E-state index contributed by atoms with van der Waals surface area (Å²) in [5.74, 6) is -0.970. The number of pyridine rings is 1. The lowest BCUT2D eigenvalue weighted by Crippen LogP contribution is -2.36. The molecule has 1 heterocycles. The lowest BCUT2D eigenvalue weighted by molar-refractivity contribution is -0.141. The van der Waals surface area contributed by atoms with Crippen LogP contribution in [0.1, 0.15) is 11.7 Å². The summed E-state index contributed by atoms with van der Waals surface area (Å²) in [6.45, 7) is 0. The minimum absolute atomic E-state index is 0.295. The zero-order chi connectivity index (χ0) is 11.4. The third kappa shape index (κ3) is 2.64. The highest BCUT2D eigenvalue weighted by molar-refractivity contribution is 5.74. The second-order valence-electron chi connectivity index (χ2n) is 2.94. The molecule has 2 atom stereocenters. The van der Waals surface area contributed by atoms with Crippen molar-refractivity contribution in [3.8, 4) is 5.88 Å². The Bertz CT molecular complexity index is 356. The van der Waals surface area contributed by atoms with Crippen LogP contribution in [-0.2, 0) is 4.79 Å². The van der Waals surface area contributed by atoms with Gasteiger partial charge in [0.05, 0.1) is 7.11 Å². The summed E-state index contributed by atoms with van der Waals surface area (Å²) in [5.41, 5.74) is 5.63. The molecule has 6 heteroatoms. The van der Waals surface area contributed by atoms with E-state index in [1.165, 1.54) is 25.4 Å². The smallest absolute Gasteiger partial charge is 0.323 e. The van der Waals surface area contributed by atoms with Gasteiger partial charge in [-0.2, -0.15) is 0 Å². The standard InChI is InChI=1S/C9H12N2O4/c1-15-6-4-5(2-3-11-6)8(12)7(10)9(13)14/h2-4,7-8,12H,10H2,1H3,(H,13,14). The van der Waals surface area contributed by atoms with Crippen LogP contribution in [0.5, 0.6) is 5.88 Å². The van der Waals surface area contributed by atoms with E-state index in [1.54, 1.807) is 0 Å². The third-order valence-corrected chi connectivity index (χ3v) is 1.93. The van der Waals surface area contributed by atoms with Gasteiger partial charge in [0.25, 0.3) is 0 Å². The molecule has 1 aromatic heterocycles. The maximum Gasteiger partial charge on any atom is 0.323 e. The SMILES string of the molecule is COc1cc(C(O)C(N)C(=O)O)ccn1. The molecule has 0 radical (unpaired) electrons. The highest BCUT2D eigenvalue weighted by Gasteiger charge is 2.23. The molecule has 15 heavy (non-hydrogen) atoms. The summed E-state index contributed by atoms with van der Waals surface area (Å²) in [7, 11) is 1.43. The van der Waals surface area contributed by atoms with Gasteiger partial charge in [-0.25, -0.2) is 4.98 Å². The largest absolute Gasteiger partial charge is 0.481 e. The Morgan fingerprint density at radius 2 is 2.33 bits per heavy atom. The van der Waals surface area contributed by atoms with Crippen molar-refractivity contribution in [2.45, 2.75) is 12.1 Å². The Labute approximate surface area is 86.3 Å². The predicted octanol–water partition coefficient (Wildman–Crippen LogP) is -0.465. The van der Waals surface area contributed by atoms with E-state index in [1.807, 2.05) is 0 Å². The number of aliphatic hydroxyl groups is 1. The van der Waals surface area contributed by atoms with Gasteiger partial charge in [-0.3, -0.25) is 4.79 Å². The number of carboxylic acid groups (broad SMARTS) is 1. The molecule has 0 bridgehead atoms. The van der Waals surface area contributed by atoms with E-state index in [0.717, 1.165) is 0 Å². The quantitative estimate of drug-likeness (QED) is 0.623. The Kier molecular flexibility index (Phi) is 3.59. The maximum atomic E-state index is 10.5. The molecular formula is C9H12N2O4. The van der Waals surface area contributed by atoms with Gasteiger partial charge in [0.15, 0.2) is 0 Å². The van der Waals surface area contributed by atoms with Gasteiger partial charge in [-0.05, 0) is 11.6 Å². The summed E-state index contributed by atoms with van der Waals surface area (Å²) in [4.78, 5) is 14.4. The molecule has 6 nitrogen and oxygen atoms in total. The zero-order valence-corrected chi connectivity index (χ0v) is 8.12. The fourth-order valence-corrected chi connectivity index (χ4v) is 1.06. The molecule has 1 rings (SSSR count). The number of hydrogen-bond acceptors (Lipinski definition) is 5. The van der Waals surface area contributed by atoms with Crippen LogP contribution in [0, 0.1) is 0 Å². The first kappa shape index (κ1) is 11.4. The lowest BCUT2D eigenvalue weighted by Gasteiger charge is -2.15. The summed E-state index contributed by atoms with van der Waals surface area (Å²) in [6.07, 6.45) is 0.130. The number of aromatic nitrogens is 1. The van der Waals surface area contributed by atoms with Crippen LogP contribution >= 0.6 is 0 Å². The Morgan fingerprint density at radius 3 is 2.87 bits per heavy atom. The van der Waals surface area contributed by atoms with Gasteiger partial charge in [-0.15, -0.1) is 0 Å². The average molecular weight is 212 g/mol. The number of rotatable bonds is 4. The zero-order valence-electron chi connectivity index (χ0n) is 8.12. The van der Waals surface area contributed by atoms with Crippen LogP contribution in [0.15, 0.2) is 18.3 Å². The number of aliphatic hydroxyl groups excluding tert-OH is 1. The molecule has 0 aromatic carbocycles. The Hall–Kier alpha value is -1.66. The summed E-state index contributed by atoms with van der Waals surface area (Å²) in [5, 5.41) is 18.2. The summed E-state index contributed by atoms with van der Waals surface area (Å²) >= 11 is 0. The number of carboxylic acids is 1. The fourth-order valence-electron chi connectivity index (χ4n) is 1.06. The molecule has 0 aliphatic carbocycles. The van der Waals surface area contributed by atoms with E-state index < -0.39 is 18.1 Å². The highest BCUT2D eigenvalue weighted by atomic mass is 16.5. The van der Waals surface area contributed by atoms with Crippen LogP contribution < -0.4 is 10.5 Å². The van der Waals surface area contributed by atoms with Crippen LogP contribution in [0.25, 0.3) is 0 Å². The van der Waals surface area contributed by atoms with Crippen molar-refractivity contribution in [3.63, 3.8) is 0 Å². The van der Waals surface area contributed by atoms with Crippen molar-refractivity contribution in [3.05, 3.63) is 23.9 Å². The molecular weight excluding hydrogens is 200 g/mol. The number of methoxy groups -OCH3 is 1. The minimum Gasteiger partial charge on any atom is -0.481 e. The van der Waals surface area contributed by atoms with Gasteiger partial charge in [0.2, 0.25) is 5.88 Å². The minimum atomic E-state index is -1.36. The van der Waals surface area contributed by atoms with Crippen molar-refractivity contribution < 1.29 is 19.7 Å². The predicted molar refractivity (Wildman–Crippen MR) is 51.4 cm³/mol. The van der Waals surface area contributed by atoms with E-state index in [4.69, 9.17) is 15.6 Å². The average Bonchev–Trinajstić information content (AvgIpc) is 2.27. The summed E-state index contributed by atoms with van der Waals surface area (Å²) in [6, 6.07) is 1.56. The molecule has 0 saturated carbocycles. The fraction of sp³-hybridized carbons (Fsp3) is 0.333. The lowest BCUT2D eigenvalue weighted by atomic mass is 10.0. The van der Waals surface area contributed by atoms with Crippen LogP contribution in [0.4, 0.5) is 0 Å². The molecule has 0 spiro atoms. The van der Waals surface area contributed by atoms with Crippen LogP contribution in [0.2, 0.25) is 0 Å². The number of nitrogens with two attached hydrogens (primary N) is 1. The molecule has 0 aliphatic heterocycles. The topological polar surface area (TPSA) is 106 Å². The van der Waals surface area contributed by atoms with E-state index >= 15 is 0 Å². The molecule has 1 aromatic rings. The Morgan fingerprint density at radius 1 is 1.67 bits per heavy atom. The molecule has 82 valence electrons. The second kappa shape index (κ2) is 4.72. The second-order valence-corrected chi connectivity index (χ2v) is 2.94. The first-order valence-electron chi connectivity index (χ1n) is 4.22. The normalized spacial score (nSPS) is 14.3. The van der Waals surface area contributed by atoms with E-state index in [0.29, 0.717) is 11.4 Å². The molecule has 0 amide bonds. The van der Waals surface area contributed by atoms with Gasteiger partial charge in [0, 0.05) is 12.3 Å². The van der Waals surface area contributed by atoms with Crippen molar-refractivity contribution in [2.75, 3.05) is 7.11 Å². The van der Waals surface area contributed by atoms with Gasteiger partial charge in [0.1, 0.15) is 12.1 Å². The maximum absolute atomic E-state index is 10.5. The van der Waals surface area contributed by atoms with E-state index in [9.17, 15) is 9.90 Å². The van der Waals surface area contributed by atoms with Gasteiger partial charge in [-0.1, -0.05) is 0 Å². The molecule has 0 fully saturated rings. The van der Waals surface area contributed by atoms with E-state index in [-0.39, 0.29) is 0 Å². The monoisotopic (exact) mass is 212 g/mol. The number of carbonyl (C=O) groups is 1. The number of hydrogen-bond donors (Lipinski definition) is 3. The van der Waals surface area contributed by atoms with Crippen molar-refractivity contribution in [1.82, 2.24) is 4.98 Å². The van der Waals surface area contributed by atoms with Crippen LogP contribution in [0.3, 0.4) is 0 Å². The number of aliphatic carboxylic acids is 1. The van der Waals surface area contributed by atoms with Gasteiger partial charge < -0.3 is 20.7 Å². The molecule has 0 aliphatic rings. The van der Waals surface area contributed by atoms with Crippen molar-refractivity contribution in [1.29, 1.82) is 0 Å². The highest BCUT2D eigenvalue weighted by Crippen LogP contribution is 2.18. The molecule has 0 saturated heterocycles. The third-order valence-electron chi connectivity index (χ3n) is 1.93. The van der Waals surface area contributed by atoms with Crippen LogP contribution in [-0.4, -0.2) is 34.3 Å². The first-order valence-corrected chi connectivity index (χ1v) is 4.22. The first-order chi connectivity index (χ1) is 7.06.